The largest absolute Gasteiger partial charge is 0.330 e. The third kappa shape index (κ3) is 1.31. The van der Waals surface area contributed by atoms with Crippen molar-refractivity contribution in [2.75, 3.05) is 13.1 Å². The van der Waals surface area contributed by atoms with Crippen molar-refractivity contribution in [3.63, 3.8) is 0 Å². The second kappa shape index (κ2) is 2.73. The molecule has 0 aromatic heterocycles. The summed E-state index contributed by atoms with van der Waals surface area (Å²) in [5.74, 6) is 0. The highest BCUT2D eigenvalue weighted by Crippen LogP contribution is 2.63. The van der Waals surface area contributed by atoms with E-state index >= 15 is 0 Å². The van der Waals surface area contributed by atoms with Crippen LogP contribution in [0.25, 0.3) is 0 Å². The molecule has 14 heavy (non-hydrogen) atoms. The molecular formula is C12H24N2. The molecule has 2 fully saturated rings. The zero-order valence-electron chi connectivity index (χ0n) is 9.98. The number of hydrogen-bond donors (Lipinski definition) is 2. The highest BCUT2D eigenvalue weighted by Gasteiger charge is 2.64. The van der Waals surface area contributed by atoms with Gasteiger partial charge in [0, 0.05) is 12.6 Å². The topological polar surface area (TPSA) is 38.0 Å². The van der Waals surface area contributed by atoms with E-state index in [-0.39, 0.29) is 0 Å². The van der Waals surface area contributed by atoms with Gasteiger partial charge in [-0.15, -0.1) is 0 Å². The number of hydrogen-bond acceptors (Lipinski definition) is 2. The van der Waals surface area contributed by atoms with Gasteiger partial charge in [-0.1, -0.05) is 27.7 Å². The fourth-order valence-corrected chi connectivity index (χ4v) is 2.66. The number of nitrogens with two attached hydrogens (primary N) is 1. The standard InChI is InChI=1S/C12H24N2/c1-10(2)9(11(10,3)4)14-8-12(7-13)5-6-12/h9,14H,5-8,13H2,1-4H3. The summed E-state index contributed by atoms with van der Waals surface area (Å²) < 4.78 is 0. The molecule has 2 aliphatic rings. The van der Waals surface area contributed by atoms with Crippen LogP contribution in [0.1, 0.15) is 40.5 Å². The van der Waals surface area contributed by atoms with Crippen molar-refractivity contribution in [3.05, 3.63) is 0 Å². The molecule has 2 rings (SSSR count). The summed E-state index contributed by atoms with van der Waals surface area (Å²) >= 11 is 0. The predicted octanol–water partition coefficient (Wildman–Crippen LogP) is 1.75. The molecule has 0 aromatic rings. The van der Waals surface area contributed by atoms with Gasteiger partial charge in [0.15, 0.2) is 0 Å². The van der Waals surface area contributed by atoms with Crippen molar-refractivity contribution in [3.8, 4) is 0 Å². The Bertz CT molecular complexity index is 225. The molecule has 0 saturated heterocycles. The summed E-state index contributed by atoms with van der Waals surface area (Å²) in [5.41, 5.74) is 7.15. The first-order valence-corrected chi connectivity index (χ1v) is 5.79. The maximum Gasteiger partial charge on any atom is 0.0181 e. The minimum absolute atomic E-state index is 0.456. The quantitative estimate of drug-likeness (QED) is 0.719. The first-order chi connectivity index (χ1) is 6.36. The molecule has 0 aliphatic heterocycles. The van der Waals surface area contributed by atoms with E-state index in [1.165, 1.54) is 12.8 Å². The lowest BCUT2D eigenvalue weighted by Crippen LogP contribution is -2.33. The minimum atomic E-state index is 0.456. The Labute approximate surface area is 87.6 Å². The summed E-state index contributed by atoms with van der Waals surface area (Å²) in [6.45, 7) is 11.4. The first-order valence-electron chi connectivity index (χ1n) is 5.79. The van der Waals surface area contributed by atoms with E-state index in [9.17, 15) is 0 Å². The molecule has 0 atom stereocenters. The number of nitrogens with one attached hydrogen (secondary N) is 1. The molecule has 2 heteroatoms. The van der Waals surface area contributed by atoms with E-state index in [4.69, 9.17) is 5.73 Å². The van der Waals surface area contributed by atoms with Crippen LogP contribution >= 0.6 is 0 Å². The van der Waals surface area contributed by atoms with Gasteiger partial charge < -0.3 is 11.1 Å². The van der Waals surface area contributed by atoms with Gasteiger partial charge in [0.25, 0.3) is 0 Å². The zero-order chi connectivity index (χ0) is 10.6. The predicted molar refractivity (Wildman–Crippen MR) is 60.1 cm³/mol. The average Bonchev–Trinajstić information content (AvgIpc) is 2.92. The molecule has 0 heterocycles. The molecule has 0 radical (unpaired) electrons. The van der Waals surface area contributed by atoms with Crippen LogP contribution in [-0.2, 0) is 0 Å². The van der Waals surface area contributed by atoms with Crippen molar-refractivity contribution in [1.29, 1.82) is 0 Å². The molecule has 2 aliphatic carbocycles. The summed E-state index contributed by atoms with van der Waals surface area (Å²) in [4.78, 5) is 0. The fraction of sp³-hybridized carbons (Fsp3) is 1.00. The van der Waals surface area contributed by atoms with Crippen molar-refractivity contribution >= 4 is 0 Å². The third-order valence-corrected chi connectivity index (χ3v) is 5.09. The summed E-state index contributed by atoms with van der Waals surface area (Å²) in [6, 6.07) is 0.680. The lowest BCUT2D eigenvalue weighted by atomic mass is 10.0. The highest BCUT2D eigenvalue weighted by atomic mass is 15.1. The fourth-order valence-electron chi connectivity index (χ4n) is 2.66. The van der Waals surface area contributed by atoms with Crippen LogP contribution in [0.4, 0.5) is 0 Å². The molecule has 0 amide bonds. The summed E-state index contributed by atoms with van der Waals surface area (Å²) in [5, 5.41) is 3.71. The molecule has 0 spiro atoms. The Morgan fingerprint density at radius 2 is 1.64 bits per heavy atom. The Kier molecular flexibility index (Phi) is 2.04. The second-order valence-electron chi connectivity index (χ2n) is 6.46. The van der Waals surface area contributed by atoms with E-state index in [0.717, 1.165) is 13.1 Å². The van der Waals surface area contributed by atoms with Crippen LogP contribution in [0, 0.1) is 16.2 Å². The van der Waals surface area contributed by atoms with Crippen molar-refractivity contribution < 1.29 is 0 Å². The minimum Gasteiger partial charge on any atom is -0.330 e. The molecule has 3 N–H and O–H groups in total. The number of rotatable bonds is 4. The van der Waals surface area contributed by atoms with Crippen LogP contribution in [0.15, 0.2) is 0 Å². The SMILES string of the molecule is CC1(C)C(NCC2(CN)CC2)C1(C)C. The molecule has 2 nitrogen and oxygen atoms in total. The molecule has 2 saturated carbocycles. The van der Waals surface area contributed by atoms with Crippen LogP contribution in [0.3, 0.4) is 0 Å². The van der Waals surface area contributed by atoms with Gasteiger partial charge in [-0.05, 0) is 35.6 Å². The van der Waals surface area contributed by atoms with Gasteiger partial charge in [0.1, 0.15) is 0 Å². The summed E-state index contributed by atoms with van der Waals surface area (Å²) in [6.07, 6.45) is 2.65. The maximum absolute atomic E-state index is 5.77. The van der Waals surface area contributed by atoms with Crippen LogP contribution in [0.5, 0.6) is 0 Å². The monoisotopic (exact) mass is 196 g/mol. The van der Waals surface area contributed by atoms with Gasteiger partial charge in [-0.2, -0.15) is 0 Å². The van der Waals surface area contributed by atoms with Gasteiger partial charge in [0.05, 0.1) is 0 Å². The Balaban J connectivity index is 1.84. The first kappa shape index (κ1) is 10.4. The Hall–Kier alpha value is -0.0800. The second-order valence-corrected chi connectivity index (χ2v) is 6.46. The molecule has 0 aromatic carbocycles. The lowest BCUT2D eigenvalue weighted by Gasteiger charge is -2.14. The molecule has 82 valence electrons. The van der Waals surface area contributed by atoms with Crippen LogP contribution in [0.2, 0.25) is 0 Å². The third-order valence-electron chi connectivity index (χ3n) is 5.09. The van der Waals surface area contributed by atoms with Crippen LogP contribution in [-0.4, -0.2) is 19.1 Å². The summed E-state index contributed by atoms with van der Waals surface area (Å²) in [7, 11) is 0. The molecule has 0 unspecified atom stereocenters. The van der Waals surface area contributed by atoms with Crippen molar-refractivity contribution in [2.45, 2.75) is 46.6 Å². The Morgan fingerprint density at radius 3 is 1.93 bits per heavy atom. The zero-order valence-corrected chi connectivity index (χ0v) is 9.98. The van der Waals surface area contributed by atoms with E-state index in [2.05, 4.69) is 33.0 Å². The lowest BCUT2D eigenvalue weighted by molar-refractivity contribution is 0.438. The van der Waals surface area contributed by atoms with E-state index in [1.807, 2.05) is 0 Å². The van der Waals surface area contributed by atoms with Gasteiger partial charge in [-0.3, -0.25) is 0 Å². The van der Waals surface area contributed by atoms with Gasteiger partial charge >= 0.3 is 0 Å². The maximum atomic E-state index is 5.77. The normalized spacial score (nSPS) is 31.5. The highest BCUT2D eigenvalue weighted by molar-refractivity contribution is 5.18. The van der Waals surface area contributed by atoms with E-state index in [0.29, 0.717) is 22.3 Å². The smallest absolute Gasteiger partial charge is 0.0181 e. The van der Waals surface area contributed by atoms with Crippen molar-refractivity contribution in [2.24, 2.45) is 22.0 Å². The van der Waals surface area contributed by atoms with E-state index in [1.54, 1.807) is 0 Å². The average molecular weight is 196 g/mol. The Morgan fingerprint density at radius 1 is 1.14 bits per heavy atom. The molecular weight excluding hydrogens is 172 g/mol. The molecule has 0 bridgehead atoms. The van der Waals surface area contributed by atoms with Crippen LogP contribution < -0.4 is 11.1 Å². The van der Waals surface area contributed by atoms with Gasteiger partial charge in [0.2, 0.25) is 0 Å². The van der Waals surface area contributed by atoms with Gasteiger partial charge in [-0.25, -0.2) is 0 Å². The van der Waals surface area contributed by atoms with E-state index < -0.39 is 0 Å². The van der Waals surface area contributed by atoms with Crippen molar-refractivity contribution in [1.82, 2.24) is 5.32 Å².